The van der Waals surface area contributed by atoms with Gasteiger partial charge in [-0.2, -0.15) is 13.2 Å². The Morgan fingerprint density at radius 1 is 1.36 bits per heavy atom. The molecule has 4 nitrogen and oxygen atoms in total. The summed E-state index contributed by atoms with van der Waals surface area (Å²) in [6.45, 7) is -0.733. The van der Waals surface area contributed by atoms with Crippen molar-refractivity contribution in [1.29, 1.82) is 0 Å². The van der Waals surface area contributed by atoms with Crippen molar-refractivity contribution in [1.82, 2.24) is 10.2 Å². The molecule has 2 atom stereocenters. The molecule has 0 aliphatic heterocycles. The van der Waals surface area contributed by atoms with E-state index in [1.54, 1.807) is 0 Å². The summed E-state index contributed by atoms with van der Waals surface area (Å²) in [5.74, 6) is -1.45. The summed E-state index contributed by atoms with van der Waals surface area (Å²) in [6, 6.07) is -1.42. The average molecular weight is 332 g/mol. The van der Waals surface area contributed by atoms with Crippen LogP contribution < -0.4 is 5.32 Å². The van der Waals surface area contributed by atoms with Gasteiger partial charge in [0.05, 0.1) is 19.1 Å². The highest BCUT2D eigenvalue weighted by atomic mass is 19.4. The minimum Gasteiger partial charge on any atom is -0.383 e. The smallest absolute Gasteiger partial charge is 0.383 e. The van der Waals surface area contributed by atoms with Gasteiger partial charge in [0.2, 0.25) is 0 Å². The first-order chi connectivity index (χ1) is 10.2. The Balaban J connectivity index is 2.56. The zero-order valence-corrected chi connectivity index (χ0v) is 12.3. The molecule has 130 valence electrons. The fourth-order valence-corrected chi connectivity index (χ4v) is 2.53. The number of rotatable bonds is 6. The minimum absolute atomic E-state index is 0.0396. The molecule has 22 heavy (non-hydrogen) atoms. The summed E-state index contributed by atoms with van der Waals surface area (Å²) >= 11 is 0. The van der Waals surface area contributed by atoms with Gasteiger partial charge in [-0.3, -0.25) is 0 Å². The molecule has 0 aromatic carbocycles. The van der Waals surface area contributed by atoms with Crippen molar-refractivity contribution in [3.05, 3.63) is 0 Å². The normalized spacial score (nSPS) is 22.7. The molecule has 1 saturated carbocycles. The van der Waals surface area contributed by atoms with Crippen LogP contribution in [0, 0.1) is 5.92 Å². The lowest BCUT2D eigenvalue weighted by molar-refractivity contribution is -0.183. The predicted molar refractivity (Wildman–Crippen MR) is 69.8 cm³/mol. The van der Waals surface area contributed by atoms with E-state index in [1.165, 1.54) is 7.11 Å². The molecule has 1 aliphatic carbocycles. The van der Waals surface area contributed by atoms with Crippen LogP contribution >= 0.6 is 0 Å². The molecule has 1 N–H and O–H groups in total. The molecule has 1 aliphatic rings. The molecule has 0 aromatic rings. The van der Waals surface area contributed by atoms with Gasteiger partial charge in [0, 0.05) is 19.7 Å². The molecule has 1 rings (SSSR count). The third-order valence-corrected chi connectivity index (χ3v) is 3.68. The Kier molecular flexibility index (Phi) is 7.31. The fraction of sp³-hybridized carbons (Fsp3) is 0.923. The number of nitrogens with one attached hydrogen (secondary N) is 1. The summed E-state index contributed by atoms with van der Waals surface area (Å²) in [7, 11) is 1.37. The highest BCUT2D eigenvalue weighted by Crippen LogP contribution is 2.37. The number of hydrogen-bond acceptors (Lipinski definition) is 2. The van der Waals surface area contributed by atoms with Gasteiger partial charge in [0.1, 0.15) is 0 Å². The molecule has 0 saturated heterocycles. The number of ether oxygens (including phenoxy) is 1. The largest absolute Gasteiger partial charge is 0.391 e. The van der Waals surface area contributed by atoms with E-state index in [4.69, 9.17) is 4.74 Å². The van der Waals surface area contributed by atoms with E-state index in [2.05, 4.69) is 5.32 Å². The molecular formula is C13H21F5N2O2. The van der Waals surface area contributed by atoms with Gasteiger partial charge in [-0.25, -0.2) is 13.6 Å². The van der Waals surface area contributed by atoms with Crippen LogP contribution in [0.3, 0.4) is 0 Å². The number of urea groups is 1. The number of nitrogens with zero attached hydrogens (tertiary/aromatic N) is 1. The lowest BCUT2D eigenvalue weighted by Crippen LogP contribution is -2.49. The first-order valence-corrected chi connectivity index (χ1v) is 7.13. The average Bonchev–Trinajstić information content (AvgIpc) is 2.42. The minimum atomic E-state index is -4.29. The molecule has 0 bridgehead atoms. The summed E-state index contributed by atoms with van der Waals surface area (Å²) in [5.41, 5.74) is 0. The van der Waals surface area contributed by atoms with E-state index >= 15 is 0 Å². The van der Waals surface area contributed by atoms with Crippen molar-refractivity contribution in [2.24, 2.45) is 5.92 Å². The van der Waals surface area contributed by atoms with Gasteiger partial charge in [-0.15, -0.1) is 0 Å². The van der Waals surface area contributed by atoms with Crippen molar-refractivity contribution >= 4 is 6.03 Å². The van der Waals surface area contributed by atoms with Crippen molar-refractivity contribution < 1.29 is 31.5 Å². The van der Waals surface area contributed by atoms with Crippen molar-refractivity contribution in [2.45, 2.75) is 44.3 Å². The van der Waals surface area contributed by atoms with E-state index < -0.39 is 37.1 Å². The van der Waals surface area contributed by atoms with Crippen LogP contribution in [0.4, 0.5) is 26.7 Å². The number of alkyl halides is 5. The standard InChI is InChI=1S/C13H21F5N2O2/c1-22-6-5-20(8-11(14)15)12(21)19-10-4-2-3-9(7-10)13(16,17)18/h9-11H,2-8H2,1H3,(H,19,21)/t9-,10-/m1/s1. The van der Waals surface area contributed by atoms with Crippen LogP contribution in [0.2, 0.25) is 0 Å². The number of carbonyl (C=O) groups is 1. The van der Waals surface area contributed by atoms with Crippen LogP contribution in [0.15, 0.2) is 0 Å². The molecule has 1 fully saturated rings. The second-order valence-electron chi connectivity index (χ2n) is 5.38. The number of hydrogen-bond donors (Lipinski definition) is 1. The zero-order chi connectivity index (χ0) is 16.8. The van der Waals surface area contributed by atoms with Crippen molar-refractivity contribution in [3.8, 4) is 0 Å². The van der Waals surface area contributed by atoms with Crippen LogP contribution in [-0.2, 0) is 4.74 Å². The Hall–Kier alpha value is -1.12. The molecule has 2 amide bonds. The quantitative estimate of drug-likeness (QED) is 0.760. The molecule has 9 heteroatoms. The number of amides is 2. The van der Waals surface area contributed by atoms with Gasteiger partial charge in [0.15, 0.2) is 0 Å². The van der Waals surface area contributed by atoms with Crippen LogP contribution in [0.25, 0.3) is 0 Å². The Labute approximate surface area is 126 Å². The second kappa shape index (κ2) is 8.50. The van der Waals surface area contributed by atoms with E-state index in [0.717, 1.165) is 4.90 Å². The lowest BCUT2D eigenvalue weighted by Gasteiger charge is -2.32. The van der Waals surface area contributed by atoms with Gasteiger partial charge < -0.3 is 15.0 Å². The molecule has 0 unspecified atom stereocenters. The van der Waals surface area contributed by atoms with Crippen molar-refractivity contribution in [2.75, 3.05) is 26.8 Å². The lowest BCUT2D eigenvalue weighted by atomic mass is 9.85. The number of halogens is 5. The van der Waals surface area contributed by atoms with Crippen LogP contribution in [-0.4, -0.2) is 56.4 Å². The Morgan fingerprint density at radius 3 is 2.59 bits per heavy atom. The SMILES string of the molecule is COCCN(CC(F)F)C(=O)N[C@@H]1CCC[C@@H](C(F)(F)F)C1. The summed E-state index contributed by atoms with van der Waals surface area (Å²) in [5, 5.41) is 2.43. The maximum absolute atomic E-state index is 12.7. The first kappa shape index (κ1) is 18.9. The highest BCUT2D eigenvalue weighted by molar-refractivity contribution is 5.74. The van der Waals surface area contributed by atoms with Gasteiger partial charge in [-0.1, -0.05) is 6.42 Å². The van der Waals surface area contributed by atoms with Gasteiger partial charge in [0.25, 0.3) is 6.43 Å². The van der Waals surface area contributed by atoms with Crippen LogP contribution in [0.5, 0.6) is 0 Å². The number of methoxy groups -OCH3 is 1. The third-order valence-electron chi connectivity index (χ3n) is 3.68. The molecule has 0 heterocycles. The Morgan fingerprint density at radius 2 is 2.05 bits per heavy atom. The maximum atomic E-state index is 12.7. The summed E-state index contributed by atoms with van der Waals surface area (Å²) < 4.78 is 67.8. The van der Waals surface area contributed by atoms with E-state index in [1.807, 2.05) is 0 Å². The van der Waals surface area contributed by atoms with Crippen molar-refractivity contribution in [3.63, 3.8) is 0 Å². The van der Waals surface area contributed by atoms with Crippen LogP contribution in [0.1, 0.15) is 25.7 Å². The predicted octanol–water partition coefficient (Wildman–Crippen LogP) is 3.03. The monoisotopic (exact) mass is 332 g/mol. The number of carbonyl (C=O) groups excluding carboxylic acids is 1. The zero-order valence-electron chi connectivity index (χ0n) is 12.3. The maximum Gasteiger partial charge on any atom is 0.391 e. The molecule has 0 aromatic heterocycles. The summed E-state index contributed by atoms with van der Waals surface area (Å²) in [4.78, 5) is 12.8. The molecular weight excluding hydrogens is 311 g/mol. The second-order valence-corrected chi connectivity index (χ2v) is 5.38. The summed E-state index contributed by atoms with van der Waals surface area (Å²) in [6.07, 6.45) is -6.39. The highest BCUT2D eigenvalue weighted by Gasteiger charge is 2.42. The topological polar surface area (TPSA) is 41.6 Å². The third kappa shape index (κ3) is 6.33. The van der Waals surface area contributed by atoms with Gasteiger partial charge in [-0.05, 0) is 19.3 Å². The first-order valence-electron chi connectivity index (χ1n) is 7.13. The molecule has 0 spiro atoms. The van der Waals surface area contributed by atoms with E-state index in [9.17, 15) is 26.7 Å². The van der Waals surface area contributed by atoms with E-state index in [-0.39, 0.29) is 26.0 Å². The molecule has 0 radical (unpaired) electrons. The fourth-order valence-electron chi connectivity index (χ4n) is 2.53. The van der Waals surface area contributed by atoms with Gasteiger partial charge >= 0.3 is 12.2 Å². The Bertz CT molecular complexity index is 352. The van der Waals surface area contributed by atoms with E-state index in [0.29, 0.717) is 12.8 Å².